The third-order valence-electron chi connectivity index (χ3n) is 6.77. The van der Waals surface area contributed by atoms with E-state index < -0.39 is 28.6 Å². The Morgan fingerprint density at radius 3 is 2.56 bits per heavy atom. The highest BCUT2D eigenvalue weighted by Crippen LogP contribution is 2.36. The molecule has 0 unspecified atom stereocenters. The molecule has 3 heterocycles. The van der Waals surface area contributed by atoms with E-state index in [2.05, 4.69) is 20.2 Å². The van der Waals surface area contributed by atoms with Gasteiger partial charge in [-0.1, -0.05) is 35.9 Å². The highest BCUT2D eigenvalue weighted by molar-refractivity contribution is 6.29. The number of H-pyrrole nitrogens is 1. The summed E-state index contributed by atoms with van der Waals surface area (Å²) in [4.78, 5) is 33.2. The SMILES string of the molecule is O=C(NCC1(c2cccnc2)CCN(CCc2ccccc2C(F)(F)F)CC1)c1cc(Cl)[nH]c(=O)c1. The number of carbonyl (C=O) groups excluding carboxylic acids is 1. The molecule has 1 aliphatic heterocycles. The summed E-state index contributed by atoms with van der Waals surface area (Å²) in [6, 6.07) is 12.1. The summed E-state index contributed by atoms with van der Waals surface area (Å²) in [5, 5.41) is 3.02. The minimum Gasteiger partial charge on any atom is -0.351 e. The van der Waals surface area contributed by atoms with Crippen molar-refractivity contribution in [2.24, 2.45) is 0 Å². The van der Waals surface area contributed by atoms with Crippen LogP contribution in [0, 0.1) is 0 Å². The van der Waals surface area contributed by atoms with Crippen molar-refractivity contribution in [1.82, 2.24) is 20.2 Å². The van der Waals surface area contributed by atoms with Crippen LogP contribution in [0.5, 0.6) is 0 Å². The predicted octanol–water partition coefficient (Wildman–Crippen LogP) is 4.45. The summed E-state index contributed by atoms with van der Waals surface area (Å²) in [7, 11) is 0. The monoisotopic (exact) mass is 518 g/mol. The zero-order valence-corrected chi connectivity index (χ0v) is 20.2. The zero-order valence-electron chi connectivity index (χ0n) is 19.4. The van der Waals surface area contributed by atoms with Crippen LogP contribution >= 0.6 is 11.6 Å². The molecule has 0 bridgehead atoms. The Kier molecular flexibility index (Phi) is 7.80. The number of benzene rings is 1. The van der Waals surface area contributed by atoms with Crippen molar-refractivity contribution in [1.29, 1.82) is 0 Å². The van der Waals surface area contributed by atoms with Gasteiger partial charge >= 0.3 is 6.18 Å². The molecule has 36 heavy (non-hydrogen) atoms. The molecule has 0 aliphatic carbocycles. The fourth-order valence-corrected chi connectivity index (χ4v) is 4.94. The second-order valence-electron chi connectivity index (χ2n) is 9.03. The molecule has 0 spiro atoms. The van der Waals surface area contributed by atoms with Gasteiger partial charge in [-0.25, -0.2) is 0 Å². The number of carbonyl (C=O) groups is 1. The number of rotatable bonds is 7. The number of hydrogen-bond donors (Lipinski definition) is 2. The second kappa shape index (κ2) is 10.8. The zero-order chi connectivity index (χ0) is 25.8. The summed E-state index contributed by atoms with van der Waals surface area (Å²) in [6.45, 7) is 2.16. The minimum atomic E-state index is -4.37. The number of alkyl halides is 3. The van der Waals surface area contributed by atoms with Gasteiger partial charge in [0.05, 0.1) is 5.56 Å². The first-order valence-corrected chi connectivity index (χ1v) is 12.0. The summed E-state index contributed by atoms with van der Waals surface area (Å²) < 4.78 is 40.0. The van der Waals surface area contributed by atoms with E-state index in [4.69, 9.17) is 11.6 Å². The van der Waals surface area contributed by atoms with Crippen LogP contribution < -0.4 is 10.9 Å². The smallest absolute Gasteiger partial charge is 0.351 e. The van der Waals surface area contributed by atoms with Crippen molar-refractivity contribution >= 4 is 17.5 Å². The molecule has 10 heteroatoms. The molecular formula is C26H26ClF3N4O2. The number of halogens is 4. The van der Waals surface area contributed by atoms with E-state index in [1.54, 1.807) is 18.5 Å². The molecule has 1 fully saturated rings. The molecule has 6 nitrogen and oxygen atoms in total. The number of hydrogen-bond acceptors (Lipinski definition) is 4. The average molecular weight is 519 g/mol. The Bertz CT molecular complexity index is 1260. The van der Waals surface area contributed by atoms with E-state index in [0.717, 1.165) is 11.6 Å². The average Bonchev–Trinajstić information content (AvgIpc) is 2.86. The molecule has 1 amide bonds. The molecule has 1 saturated heterocycles. The Balaban J connectivity index is 1.44. The van der Waals surface area contributed by atoms with Gasteiger partial charge in [0.25, 0.3) is 5.91 Å². The maximum Gasteiger partial charge on any atom is 0.416 e. The fraction of sp³-hybridized carbons (Fsp3) is 0.346. The van der Waals surface area contributed by atoms with Crippen molar-refractivity contribution < 1.29 is 18.0 Å². The number of likely N-dealkylation sites (tertiary alicyclic amines) is 1. The Hall–Kier alpha value is -3.17. The van der Waals surface area contributed by atoms with Gasteiger partial charge < -0.3 is 15.2 Å². The third-order valence-corrected chi connectivity index (χ3v) is 6.97. The van der Waals surface area contributed by atoms with E-state index in [-0.39, 0.29) is 16.3 Å². The maximum atomic E-state index is 13.3. The predicted molar refractivity (Wildman–Crippen MR) is 131 cm³/mol. The number of pyridine rings is 2. The summed E-state index contributed by atoms with van der Waals surface area (Å²) in [5.74, 6) is -0.405. The molecule has 4 rings (SSSR count). The highest BCUT2D eigenvalue weighted by atomic mass is 35.5. The van der Waals surface area contributed by atoms with E-state index in [1.807, 2.05) is 12.1 Å². The number of piperidine rings is 1. The third kappa shape index (κ3) is 6.14. The van der Waals surface area contributed by atoms with Crippen LogP contribution in [0.3, 0.4) is 0 Å². The molecule has 0 radical (unpaired) electrons. The lowest BCUT2D eigenvalue weighted by molar-refractivity contribution is -0.138. The molecule has 3 aromatic rings. The summed E-state index contributed by atoms with van der Waals surface area (Å²) in [6.07, 6.45) is 0.772. The lowest BCUT2D eigenvalue weighted by Gasteiger charge is -2.42. The van der Waals surface area contributed by atoms with Crippen molar-refractivity contribution in [3.05, 3.63) is 98.7 Å². The molecular weight excluding hydrogens is 493 g/mol. The standard InChI is InChI=1S/C26H26ClF3N4O2/c27-22-14-19(15-23(35)33-22)24(36)32-17-25(20-5-3-10-31-16-20)8-12-34(13-9-25)11-7-18-4-1-2-6-21(18)26(28,29)30/h1-6,10,14-16H,7-9,11-13,17H2,(H,32,36)(H,33,35). The van der Waals surface area contributed by atoms with Crippen LogP contribution in [0.2, 0.25) is 5.15 Å². The molecule has 2 aromatic heterocycles. The van der Waals surface area contributed by atoms with Gasteiger partial charge in [0.1, 0.15) is 5.15 Å². The first-order valence-electron chi connectivity index (χ1n) is 11.6. The van der Waals surface area contributed by atoms with Crippen molar-refractivity contribution in [2.45, 2.75) is 30.9 Å². The number of nitrogens with zero attached hydrogens (tertiary/aromatic N) is 2. The van der Waals surface area contributed by atoms with E-state index in [1.165, 1.54) is 24.3 Å². The first kappa shape index (κ1) is 25.9. The first-order chi connectivity index (χ1) is 17.2. The maximum absolute atomic E-state index is 13.3. The lowest BCUT2D eigenvalue weighted by atomic mass is 9.73. The van der Waals surface area contributed by atoms with Crippen LogP contribution in [0.4, 0.5) is 13.2 Å². The van der Waals surface area contributed by atoms with Gasteiger partial charge in [-0.3, -0.25) is 14.6 Å². The van der Waals surface area contributed by atoms with Gasteiger partial charge in [0.15, 0.2) is 0 Å². The quantitative estimate of drug-likeness (QED) is 0.453. The molecule has 190 valence electrons. The normalized spacial score (nSPS) is 16.0. The number of aromatic amines is 1. The number of nitrogens with one attached hydrogen (secondary N) is 2. The van der Waals surface area contributed by atoms with Crippen LogP contribution in [0.25, 0.3) is 0 Å². The Morgan fingerprint density at radius 2 is 1.89 bits per heavy atom. The summed E-state index contributed by atoms with van der Waals surface area (Å²) in [5.41, 5.74) is -0.000655. The second-order valence-corrected chi connectivity index (χ2v) is 9.44. The van der Waals surface area contributed by atoms with Crippen LogP contribution in [0.15, 0.2) is 65.7 Å². The van der Waals surface area contributed by atoms with Crippen molar-refractivity contribution in [3.8, 4) is 0 Å². The largest absolute Gasteiger partial charge is 0.416 e. The molecule has 1 aliphatic rings. The fourth-order valence-electron chi connectivity index (χ4n) is 4.73. The van der Waals surface area contributed by atoms with Gasteiger partial charge in [0, 0.05) is 42.5 Å². The van der Waals surface area contributed by atoms with Gasteiger partial charge in [0.2, 0.25) is 5.56 Å². The van der Waals surface area contributed by atoms with Gasteiger partial charge in [-0.15, -0.1) is 0 Å². The van der Waals surface area contributed by atoms with Crippen LogP contribution in [0.1, 0.15) is 39.9 Å². The van der Waals surface area contributed by atoms with Crippen molar-refractivity contribution in [2.75, 3.05) is 26.2 Å². The minimum absolute atomic E-state index is 0.0787. The molecule has 0 saturated carbocycles. The topological polar surface area (TPSA) is 78.1 Å². The Morgan fingerprint density at radius 1 is 1.14 bits per heavy atom. The molecule has 2 N–H and O–H groups in total. The molecule has 1 aromatic carbocycles. The van der Waals surface area contributed by atoms with Gasteiger partial charge in [-0.05, 0) is 61.7 Å². The molecule has 0 atom stereocenters. The number of aromatic nitrogens is 2. The van der Waals surface area contributed by atoms with Crippen LogP contribution in [-0.4, -0.2) is 47.0 Å². The highest BCUT2D eigenvalue weighted by Gasteiger charge is 2.37. The van der Waals surface area contributed by atoms with E-state index >= 15 is 0 Å². The lowest BCUT2D eigenvalue weighted by Crippen LogP contribution is -2.49. The number of amides is 1. The van der Waals surface area contributed by atoms with Crippen molar-refractivity contribution in [3.63, 3.8) is 0 Å². The van der Waals surface area contributed by atoms with Gasteiger partial charge in [-0.2, -0.15) is 13.2 Å². The summed E-state index contributed by atoms with van der Waals surface area (Å²) >= 11 is 5.88. The van der Waals surface area contributed by atoms with Crippen LogP contribution in [-0.2, 0) is 18.0 Å². The van der Waals surface area contributed by atoms with E-state index in [0.29, 0.717) is 45.4 Å². The Labute approximate surface area is 211 Å². The van der Waals surface area contributed by atoms with E-state index in [9.17, 15) is 22.8 Å².